The number of para-hydroxylation sites is 2. The number of carbonyl (C=O) groups excluding carboxylic acids is 1. The number of methoxy groups -OCH3 is 1. The van der Waals surface area contributed by atoms with Crippen molar-refractivity contribution < 1.29 is 24.2 Å². The highest BCUT2D eigenvalue weighted by Gasteiger charge is 2.12. The largest absolute Gasteiger partial charge is 0.493 e. The van der Waals surface area contributed by atoms with E-state index in [-0.39, 0.29) is 11.3 Å². The summed E-state index contributed by atoms with van der Waals surface area (Å²) in [5.74, 6) is -0.525. The number of aromatic nitrogens is 1. The number of aromatic carboxylic acids is 1. The number of nitrogens with zero attached hydrogens (tertiary/aromatic N) is 1. The van der Waals surface area contributed by atoms with Crippen LogP contribution in [-0.2, 0) is 11.2 Å². The van der Waals surface area contributed by atoms with E-state index in [0.29, 0.717) is 30.1 Å². The van der Waals surface area contributed by atoms with Crippen LogP contribution in [0.1, 0.15) is 21.6 Å². The monoisotopic (exact) mass is 418 g/mol. The van der Waals surface area contributed by atoms with Gasteiger partial charge in [0.25, 0.3) is 0 Å². The molecule has 7 heteroatoms. The molecule has 0 aliphatic heterocycles. The van der Waals surface area contributed by atoms with E-state index in [9.17, 15) is 14.7 Å². The molecule has 1 amide bonds. The number of rotatable bonds is 9. The Hall–Kier alpha value is -4.13. The van der Waals surface area contributed by atoms with E-state index in [0.717, 1.165) is 5.69 Å². The molecule has 158 valence electrons. The van der Waals surface area contributed by atoms with Gasteiger partial charge in [0.2, 0.25) is 5.91 Å². The summed E-state index contributed by atoms with van der Waals surface area (Å²) in [7, 11) is 1.55. The molecule has 7 nitrogen and oxygen atoms in total. The van der Waals surface area contributed by atoms with Gasteiger partial charge < -0.3 is 19.9 Å². The average Bonchev–Trinajstić information content (AvgIpc) is 2.79. The van der Waals surface area contributed by atoms with Crippen LogP contribution in [0.5, 0.6) is 11.5 Å². The molecule has 1 heterocycles. The van der Waals surface area contributed by atoms with Crippen LogP contribution in [0.25, 0.3) is 6.08 Å². The third kappa shape index (κ3) is 5.93. The van der Waals surface area contributed by atoms with Crippen molar-refractivity contribution >= 4 is 23.6 Å². The predicted molar refractivity (Wildman–Crippen MR) is 117 cm³/mol. The molecule has 0 saturated carbocycles. The standard InChI is InChI=1S/C24H22N2O5/c1-30-21-11-6-7-17(23(21)31-16-14-18-8-4-5-15-25-18)12-13-22(27)26-20-10-3-2-9-19(20)24(28)29/h2-13,15H,14,16H2,1H3,(H,26,27)(H,28,29)/b13-12+. The quantitative estimate of drug-likeness (QED) is 0.509. The fraction of sp³-hybridized carbons (Fsp3) is 0.125. The first kappa shape index (κ1) is 21.6. The highest BCUT2D eigenvalue weighted by molar-refractivity contribution is 6.06. The molecule has 0 aliphatic rings. The third-order valence-corrected chi connectivity index (χ3v) is 4.39. The molecule has 0 bridgehead atoms. The summed E-state index contributed by atoms with van der Waals surface area (Å²) in [6.07, 6.45) is 5.26. The number of ether oxygens (including phenoxy) is 2. The second kappa shape index (κ2) is 10.6. The Bertz CT molecular complexity index is 1080. The molecule has 0 radical (unpaired) electrons. The van der Waals surface area contributed by atoms with E-state index in [1.54, 1.807) is 49.7 Å². The summed E-state index contributed by atoms with van der Waals surface area (Å²) in [6, 6.07) is 17.3. The van der Waals surface area contributed by atoms with Gasteiger partial charge in [-0.1, -0.05) is 30.3 Å². The lowest BCUT2D eigenvalue weighted by Gasteiger charge is -2.13. The number of carboxylic acids is 1. The van der Waals surface area contributed by atoms with Crippen LogP contribution < -0.4 is 14.8 Å². The van der Waals surface area contributed by atoms with Gasteiger partial charge >= 0.3 is 5.97 Å². The van der Waals surface area contributed by atoms with Crippen molar-refractivity contribution in [3.63, 3.8) is 0 Å². The number of carboxylic acid groups (broad SMARTS) is 1. The maximum atomic E-state index is 12.4. The van der Waals surface area contributed by atoms with E-state index in [4.69, 9.17) is 9.47 Å². The minimum Gasteiger partial charge on any atom is -0.493 e. The Kier molecular flexibility index (Phi) is 7.37. The van der Waals surface area contributed by atoms with E-state index in [2.05, 4.69) is 10.3 Å². The second-order valence-corrected chi connectivity index (χ2v) is 6.47. The number of hydrogen-bond donors (Lipinski definition) is 2. The number of hydrogen-bond acceptors (Lipinski definition) is 5. The van der Waals surface area contributed by atoms with Crippen molar-refractivity contribution in [3.8, 4) is 11.5 Å². The van der Waals surface area contributed by atoms with E-state index >= 15 is 0 Å². The molecule has 0 saturated heterocycles. The van der Waals surface area contributed by atoms with Gasteiger partial charge in [-0.15, -0.1) is 0 Å². The summed E-state index contributed by atoms with van der Waals surface area (Å²) in [5.41, 5.74) is 1.80. The lowest BCUT2D eigenvalue weighted by atomic mass is 10.1. The molecule has 0 fully saturated rings. The Morgan fingerprint density at radius 3 is 2.61 bits per heavy atom. The zero-order chi connectivity index (χ0) is 22.1. The minimum absolute atomic E-state index is 0.0178. The number of amides is 1. The van der Waals surface area contributed by atoms with E-state index < -0.39 is 11.9 Å². The van der Waals surface area contributed by atoms with Gasteiger partial charge in [0.05, 0.1) is 25.0 Å². The molecule has 0 spiro atoms. The van der Waals surface area contributed by atoms with E-state index in [1.165, 1.54) is 18.2 Å². The fourth-order valence-electron chi connectivity index (χ4n) is 2.90. The van der Waals surface area contributed by atoms with Crippen LogP contribution in [-0.4, -0.2) is 35.7 Å². The average molecular weight is 418 g/mol. The van der Waals surface area contributed by atoms with Gasteiger partial charge in [0.15, 0.2) is 11.5 Å². The van der Waals surface area contributed by atoms with Crippen molar-refractivity contribution in [1.29, 1.82) is 0 Å². The van der Waals surface area contributed by atoms with Gasteiger partial charge in [-0.3, -0.25) is 9.78 Å². The molecule has 2 aromatic carbocycles. The highest BCUT2D eigenvalue weighted by atomic mass is 16.5. The summed E-state index contributed by atoms with van der Waals surface area (Å²) in [4.78, 5) is 27.9. The first-order chi connectivity index (χ1) is 15.1. The normalized spacial score (nSPS) is 10.6. The zero-order valence-electron chi connectivity index (χ0n) is 16.9. The first-order valence-corrected chi connectivity index (χ1v) is 9.59. The molecule has 3 aromatic rings. The Morgan fingerprint density at radius 1 is 1.06 bits per heavy atom. The molecule has 1 aromatic heterocycles. The van der Waals surface area contributed by atoms with Gasteiger partial charge in [-0.25, -0.2) is 4.79 Å². The minimum atomic E-state index is -1.11. The van der Waals surface area contributed by atoms with Crippen molar-refractivity contribution in [2.45, 2.75) is 6.42 Å². The summed E-state index contributed by atoms with van der Waals surface area (Å²) in [5, 5.41) is 11.8. The number of pyridine rings is 1. The Balaban J connectivity index is 1.72. The Labute approximate surface area is 180 Å². The van der Waals surface area contributed by atoms with E-state index in [1.807, 2.05) is 18.2 Å². The molecule has 0 unspecified atom stereocenters. The van der Waals surface area contributed by atoms with Crippen LogP contribution >= 0.6 is 0 Å². The van der Waals surface area contributed by atoms with Gasteiger partial charge in [0.1, 0.15) is 0 Å². The number of nitrogens with one attached hydrogen (secondary N) is 1. The van der Waals surface area contributed by atoms with Crippen LogP contribution in [0.2, 0.25) is 0 Å². The number of carbonyl (C=O) groups is 2. The smallest absolute Gasteiger partial charge is 0.337 e. The predicted octanol–water partition coefficient (Wildman–Crippen LogP) is 4.06. The number of benzene rings is 2. The molecule has 31 heavy (non-hydrogen) atoms. The van der Waals surface area contributed by atoms with Crippen LogP contribution in [0.15, 0.2) is 72.9 Å². The lowest BCUT2D eigenvalue weighted by Crippen LogP contribution is -2.11. The zero-order valence-corrected chi connectivity index (χ0v) is 16.9. The maximum Gasteiger partial charge on any atom is 0.337 e. The summed E-state index contributed by atoms with van der Waals surface area (Å²) in [6.45, 7) is 0.385. The van der Waals surface area contributed by atoms with Crippen LogP contribution in [0.4, 0.5) is 5.69 Å². The van der Waals surface area contributed by atoms with Crippen molar-refractivity contribution in [2.24, 2.45) is 0 Å². The first-order valence-electron chi connectivity index (χ1n) is 9.59. The Morgan fingerprint density at radius 2 is 1.87 bits per heavy atom. The lowest BCUT2D eigenvalue weighted by molar-refractivity contribution is -0.111. The van der Waals surface area contributed by atoms with Crippen molar-refractivity contribution in [3.05, 3.63) is 89.8 Å². The van der Waals surface area contributed by atoms with Crippen LogP contribution in [0.3, 0.4) is 0 Å². The molecule has 2 N–H and O–H groups in total. The van der Waals surface area contributed by atoms with Gasteiger partial charge in [-0.05, 0) is 36.4 Å². The fourth-order valence-corrected chi connectivity index (χ4v) is 2.90. The number of anilines is 1. The van der Waals surface area contributed by atoms with Crippen molar-refractivity contribution in [1.82, 2.24) is 4.98 Å². The summed E-state index contributed by atoms with van der Waals surface area (Å²) < 4.78 is 11.3. The molecule has 0 atom stereocenters. The topological polar surface area (TPSA) is 97.8 Å². The van der Waals surface area contributed by atoms with Crippen LogP contribution in [0, 0.1) is 0 Å². The molecule has 3 rings (SSSR count). The molecular weight excluding hydrogens is 396 g/mol. The third-order valence-electron chi connectivity index (χ3n) is 4.39. The molecular formula is C24H22N2O5. The van der Waals surface area contributed by atoms with Crippen molar-refractivity contribution in [2.75, 3.05) is 19.0 Å². The molecule has 0 aliphatic carbocycles. The SMILES string of the molecule is COc1cccc(/C=C/C(=O)Nc2ccccc2C(=O)O)c1OCCc1ccccn1. The second-order valence-electron chi connectivity index (χ2n) is 6.47. The highest BCUT2D eigenvalue weighted by Crippen LogP contribution is 2.32. The van der Waals surface area contributed by atoms with Gasteiger partial charge in [-0.2, -0.15) is 0 Å². The maximum absolute atomic E-state index is 12.4. The van der Waals surface area contributed by atoms with Gasteiger partial charge in [0, 0.05) is 30.0 Å². The summed E-state index contributed by atoms with van der Waals surface area (Å²) >= 11 is 0.